The van der Waals surface area contributed by atoms with E-state index < -0.39 is 23.8 Å². The fraction of sp³-hybridized carbons (Fsp3) is 0.375. The quantitative estimate of drug-likeness (QED) is 0.718. The van der Waals surface area contributed by atoms with Crippen LogP contribution in [0, 0.1) is 12.8 Å². The number of amides is 2. The molecular formula is C16H18N2O3S. The number of thioether (sulfide) groups is 1. The highest BCUT2D eigenvalue weighted by atomic mass is 32.2. The van der Waals surface area contributed by atoms with Crippen molar-refractivity contribution < 1.29 is 14.7 Å². The van der Waals surface area contributed by atoms with E-state index in [-0.39, 0.29) is 11.3 Å². The van der Waals surface area contributed by atoms with Crippen molar-refractivity contribution in [2.75, 3.05) is 0 Å². The van der Waals surface area contributed by atoms with E-state index in [1.54, 1.807) is 0 Å². The van der Waals surface area contributed by atoms with Gasteiger partial charge in [0.25, 0.3) is 0 Å². The molecule has 116 valence electrons. The van der Waals surface area contributed by atoms with Crippen molar-refractivity contribution >= 4 is 23.6 Å². The molecule has 2 amide bonds. The molecule has 0 aliphatic carbocycles. The molecule has 4 unspecified atom stereocenters. The Morgan fingerprint density at radius 2 is 2.18 bits per heavy atom. The topological polar surface area (TPSA) is 78.4 Å². The summed E-state index contributed by atoms with van der Waals surface area (Å²) in [6, 6.07) is 7.55. The average Bonchev–Trinajstić information content (AvgIpc) is 2.95. The lowest BCUT2D eigenvalue weighted by Crippen LogP contribution is -2.60. The Morgan fingerprint density at radius 1 is 1.41 bits per heavy atom. The average molecular weight is 318 g/mol. The highest BCUT2D eigenvalue weighted by molar-refractivity contribution is 8.03. The van der Waals surface area contributed by atoms with E-state index in [1.807, 2.05) is 42.7 Å². The van der Waals surface area contributed by atoms with Crippen LogP contribution >= 0.6 is 11.8 Å². The summed E-state index contributed by atoms with van der Waals surface area (Å²) in [5, 5.41) is 17.6. The van der Waals surface area contributed by atoms with Gasteiger partial charge in [-0.3, -0.25) is 9.59 Å². The van der Waals surface area contributed by atoms with E-state index in [9.17, 15) is 14.7 Å². The van der Waals surface area contributed by atoms with Crippen LogP contribution in [-0.2, 0) is 16.1 Å². The minimum absolute atomic E-state index is 0.187. The van der Waals surface area contributed by atoms with Crippen LogP contribution in [0.3, 0.4) is 0 Å². The number of hydrogen-bond donors (Lipinski definition) is 3. The summed E-state index contributed by atoms with van der Waals surface area (Å²) in [6.07, 6.45) is 0.869. The summed E-state index contributed by atoms with van der Waals surface area (Å²) in [7, 11) is 0. The highest BCUT2D eigenvalue weighted by Crippen LogP contribution is 2.33. The van der Waals surface area contributed by atoms with Crippen molar-refractivity contribution in [1.82, 2.24) is 10.6 Å². The van der Waals surface area contributed by atoms with Crippen LogP contribution in [0.15, 0.2) is 35.7 Å². The maximum Gasteiger partial charge on any atom is 0.235 e. The lowest BCUT2D eigenvalue weighted by atomic mass is 9.89. The zero-order valence-electron chi connectivity index (χ0n) is 12.2. The smallest absolute Gasteiger partial charge is 0.235 e. The van der Waals surface area contributed by atoms with E-state index >= 15 is 0 Å². The summed E-state index contributed by atoms with van der Waals surface area (Å²) in [6.45, 7) is 2.32. The Kier molecular flexibility index (Phi) is 4.22. The lowest BCUT2D eigenvalue weighted by molar-refractivity contribution is -0.142. The number of aryl methyl sites for hydroxylation is 1. The molecule has 1 fully saturated rings. The summed E-state index contributed by atoms with van der Waals surface area (Å²) < 4.78 is 0. The van der Waals surface area contributed by atoms with Crippen LogP contribution in [-0.4, -0.2) is 34.3 Å². The van der Waals surface area contributed by atoms with E-state index in [2.05, 4.69) is 10.6 Å². The molecule has 0 saturated carbocycles. The molecule has 2 aliphatic rings. The fourth-order valence-corrected chi connectivity index (χ4v) is 3.90. The van der Waals surface area contributed by atoms with Crippen molar-refractivity contribution in [3.63, 3.8) is 0 Å². The zero-order valence-corrected chi connectivity index (χ0v) is 13.0. The molecule has 1 aromatic rings. The SMILES string of the molecule is Cc1ccccc1CNC(=O)C1C(=O)NC2C=CSC2C1O. The van der Waals surface area contributed by atoms with Crippen molar-refractivity contribution in [3.05, 3.63) is 46.9 Å². The highest BCUT2D eigenvalue weighted by Gasteiger charge is 2.47. The largest absolute Gasteiger partial charge is 0.390 e. The third-order valence-electron chi connectivity index (χ3n) is 4.14. The Bertz CT molecular complexity index is 632. The maximum atomic E-state index is 12.3. The molecule has 0 aromatic heterocycles. The van der Waals surface area contributed by atoms with E-state index in [0.29, 0.717) is 6.54 Å². The normalized spacial score (nSPS) is 29.8. The number of fused-ring (bicyclic) bond motifs is 1. The summed E-state index contributed by atoms with van der Waals surface area (Å²) in [4.78, 5) is 24.4. The summed E-state index contributed by atoms with van der Waals surface area (Å²) >= 11 is 1.45. The van der Waals surface area contributed by atoms with Gasteiger partial charge in [0, 0.05) is 6.54 Å². The molecule has 22 heavy (non-hydrogen) atoms. The van der Waals surface area contributed by atoms with Crippen molar-refractivity contribution in [2.45, 2.75) is 30.9 Å². The predicted molar refractivity (Wildman–Crippen MR) is 85.0 cm³/mol. The lowest BCUT2D eigenvalue weighted by Gasteiger charge is -2.35. The second-order valence-electron chi connectivity index (χ2n) is 5.58. The third kappa shape index (κ3) is 2.76. The molecule has 4 atom stereocenters. The summed E-state index contributed by atoms with van der Waals surface area (Å²) in [5.41, 5.74) is 2.07. The second-order valence-corrected chi connectivity index (χ2v) is 6.66. The van der Waals surface area contributed by atoms with Crippen LogP contribution in [0.5, 0.6) is 0 Å². The number of carbonyl (C=O) groups excluding carboxylic acids is 2. The Hall–Kier alpha value is -1.79. The Labute approximate surface area is 133 Å². The molecule has 0 radical (unpaired) electrons. The fourth-order valence-electron chi connectivity index (χ4n) is 2.81. The number of rotatable bonds is 3. The van der Waals surface area contributed by atoms with Gasteiger partial charge in [0.15, 0.2) is 0 Å². The minimum atomic E-state index is -1.06. The maximum absolute atomic E-state index is 12.3. The molecule has 3 rings (SSSR count). The molecular weight excluding hydrogens is 300 g/mol. The number of benzene rings is 1. The first-order valence-electron chi connectivity index (χ1n) is 7.21. The Balaban J connectivity index is 1.67. The van der Waals surface area contributed by atoms with Gasteiger partial charge in [-0.2, -0.15) is 0 Å². The molecule has 1 aromatic carbocycles. The van der Waals surface area contributed by atoms with Gasteiger partial charge in [-0.05, 0) is 23.5 Å². The van der Waals surface area contributed by atoms with Crippen LogP contribution < -0.4 is 10.6 Å². The van der Waals surface area contributed by atoms with E-state index in [4.69, 9.17) is 0 Å². The van der Waals surface area contributed by atoms with E-state index in [1.165, 1.54) is 11.8 Å². The molecule has 5 nitrogen and oxygen atoms in total. The van der Waals surface area contributed by atoms with Crippen LogP contribution in [0.1, 0.15) is 11.1 Å². The molecule has 2 heterocycles. The van der Waals surface area contributed by atoms with Gasteiger partial charge >= 0.3 is 0 Å². The van der Waals surface area contributed by atoms with Gasteiger partial charge in [0.1, 0.15) is 5.92 Å². The van der Waals surface area contributed by atoms with Gasteiger partial charge < -0.3 is 15.7 Å². The number of hydrogen-bond acceptors (Lipinski definition) is 4. The molecule has 1 saturated heterocycles. The first-order chi connectivity index (χ1) is 10.6. The van der Waals surface area contributed by atoms with Crippen LogP contribution in [0.25, 0.3) is 0 Å². The van der Waals surface area contributed by atoms with Crippen LogP contribution in [0.2, 0.25) is 0 Å². The third-order valence-corrected chi connectivity index (χ3v) is 5.34. The summed E-state index contributed by atoms with van der Waals surface area (Å²) in [5.74, 6) is -1.90. The molecule has 6 heteroatoms. The number of aliphatic hydroxyl groups excluding tert-OH is 1. The number of carbonyl (C=O) groups is 2. The molecule has 0 spiro atoms. The number of piperidine rings is 1. The minimum Gasteiger partial charge on any atom is -0.390 e. The van der Waals surface area contributed by atoms with Gasteiger partial charge in [0.05, 0.1) is 17.4 Å². The zero-order chi connectivity index (χ0) is 15.7. The standard InChI is InChI=1S/C16H18N2O3S/c1-9-4-2-3-5-10(9)8-17-15(20)12-13(19)14-11(6-7-22-14)18-16(12)21/h2-7,11-14,19H,8H2,1H3,(H,17,20)(H,18,21). The monoisotopic (exact) mass is 318 g/mol. The van der Waals surface area contributed by atoms with Gasteiger partial charge in [-0.15, -0.1) is 11.8 Å². The molecule has 2 aliphatic heterocycles. The first-order valence-corrected chi connectivity index (χ1v) is 8.15. The molecule has 0 bridgehead atoms. The Morgan fingerprint density at radius 3 is 2.95 bits per heavy atom. The number of nitrogens with one attached hydrogen (secondary N) is 2. The van der Waals surface area contributed by atoms with Crippen LogP contribution in [0.4, 0.5) is 0 Å². The second kappa shape index (κ2) is 6.14. The first kappa shape index (κ1) is 15.1. The van der Waals surface area contributed by atoms with Gasteiger partial charge in [0.2, 0.25) is 11.8 Å². The van der Waals surface area contributed by atoms with Crippen molar-refractivity contribution in [3.8, 4) is 0 Å². The van der Waals surface area contributed by atoms with E-state index in [0.717, 1.165) is 11.1 Å². The predicted octanol–water partition coefficient (Wildman–Crippen LogP) is 0.716. The van der Waals surface area contributed by atoms with Crippen molar-refractivity contribution in [1.29, 1.82) is 0 Å². The molecule has 3 N–H and O–H groups in total. The van der Waals surface area contributed by atoms with Gasteiger partial charge in [-0.25, -0.2) is 0 Å². The van der Waals surface area contributed by atoms with Crippen molar-refractivity contribution in [2.24, 2.45) is 5.92 Å². The van der Waals surface area contributed by atoms with Gasteiger partial charge in [-0.1, -0.05) is 30.3 Å². The number of aliphatic hydroxyl groups is 1.